The fourth-order valence-electron chi connectivity index (χ4n) is 13.7. The summed E-state index contributed by atoms with van der Waals surface area (Å²) in [5.74, 6) is 3.94. The van der Waals surface area contributed by atoms with Gasteiger partial charge in [-0.3, -0.25) is 27.5 Å². The minimum atomic E-state index is -0.283. The Bertz CT molecular complexity index is 5080. The van der Waals surface area contributed by atoms with E-state index in [-0.39, 0.29) is 35.9 Å². The molecule has 512 valence electrons. The highest BCUT2D eigenvalue weighted by molar-refractivity contribution is 5.80. The topological polar surface area (TPSA) is 229 Å². The maximum atomic E-state index is 14.6. The number of anilines is 3. The third kappa shape index (κ3) is 13.4. The average molecular weight is 1350 g/mol. The molecule has 2 atom stereocenters. The molecule has 24 nitrogen and oxygen atoms in total. The zero-order chi connectivity index (χ0) is 68.5. The minimum Gasteiger partial charge on any atom is -0.493 e. The van der Waals surface area contributed by atoms with Gasteiger partial charge < -0.3 is 49.4 Å². The summed E-state index contributed by atoms with van der Waals surface area (Å²) in [7, 11) is 4.06. The SMILES string of the molecule is Cc1cn2c(NCc3c(F)ccc4c3CCO4)ncc(-c3ccc(CN(C)C)nc3C)c2n1.Cc1cn2c(NCc3c(F)ccc4c3CCO4)ncc(-c3cnn(CC4CCOC4)c3)c2n1.[C-]#[N+]c1cn2c(NCc3c(F)ccc4c3CCO4)ncc(-c3ccn(CC4CCCO4)n3)c2n1. The first kappa shape index (κ1) is 65.0. The van der Waals surface area contributed by atoms with Gasteiger partial charge in [-0.05, 0) is 103 Å². The lowest BCUT2D eigenvalue weighted by Crippen LogP contribution is -2.15. The van der Waals surface area contributed by atoms with E-state index in [1.807, 2.05) is 102 Å². The number of hydrogen-bond donors (Lipinski definition) is 3. The second-order valence-electron chi connectivity index (χ2n) is 25.8. The second-order valence-corrected chi connectivity index (χ2v) is 25.8. The third-order valence-corrected chi connectivity index (χ3v) is 18.6. The summed E-state index contributed by atoms with van der Waals surface area (Å²) in [5, 5.41) is 19.0. The van der Waals surface area contributed by atoms with Crippen LogP contribution in [0.2, 0.25) is 0 Å². The predicted octanol–water partition coefficient (Wildman–Crippen LogP) is 11.8. The normalized spacial score (nSPS) is 15.8. The molecular weight excluding hydrogens is 1280 g/mol. The number of imidazole rings is 3. The van der Waals surface area contributed by atoms with Crippen LogP contribution in [0.4, 0.5) is 36.8 Å². The number of hydrogen-bond acceptors (Lipinski definition) is 18. The Labute approximate surface area is 574 Å². The first-order chi connectivity index (χ1) is 48.7. The summed E-state index contributed by atoms with van der Waals surface area (Å²) in [6.07, 6.45) is 22.1. The largest absolute Gasteiger partial charge is 0.493 e. The Morgan fingerprint density at radius 2 is 1.13 bits per heavy atom. The van der Waals surface area contributed by atoms with Crippen LogP contribution in [0.25, 0.3) is 55.3 Å². The number of nitrogens with one attached hydrogen (secondary N) is 3. The third-order valence-electron chi connectivity index (χ3n) is 18.6. The number of halogens is 3. The quantitative estimate of drug-likeness (QED) is 0.0678. The highest BCUT2D eigenvalue weighted by Gasteiger charge is 2.27. The van der Waals surface area contributed by atoms with Crippen molar-refractivity contribution in [2.45, 2.75) is 105 Å². The lowest BCUT2D eigenvalue weighted by Gasteiger charge is -2.14. The van der Waals surface area contributed by atoms with Gasteiger partial charge in [-0.15, -0.1) is 0 Å². The van der Waals surface area contributed by atoms with Crippen LogP contribution in [0.15, 0.2) is 110 Å². The monoisotopic (exact) mass is 1350 g/mol. The Morgan fingerprint density at radius 3 is 1.67 bits per heavy atom. The highest BCUT2D eigenvalue weighted by atomic mass is 19.1. The summed E-state index contributed by atoms with van der Waals surface area (Å²) >= 11 is 0. The Morgan fingerprint density at radius 1 is 0.570 bits per heavy atom. The molecule has 14 heterocycles. The Hall–Kier alpha value is -11.0. The van der Waals surface area contributed by atoms with Crippen LogP contribution in [-0.2, 0) is 68.0 Å². The molecule has 3 aromatic carbocycles. The van der Waals surface area contributed by atoms with Gasteiger partial charge in [0.1, 0.15) is 46.0 Å². The molecule has 3 N–H and O–H groups in total. The van der Waals surface area contributed by atoms with E-state index < -0.39 is 0 Å². The number of aromatic nitrogens is 14. The number of benzene rings is 3. The molecule has 0 bridgehead atoms. The van der Waals surface area contributed by atoms with Crippen molar-refractivity contribution in [2.24, 2.45) is 5.92 Å². The van der Waals surface area contributed by atoms with Crippen molar-refractivity contribution >= 4 is 40.6 Å². The number of fused-ring (bicyclic) bond motifs is 6. The van der Waals surface area contributed by atoms with E-state index in [1.54, 1.807) is 41.2 Å². The Balaban J connectivity index is 0.000000122. The van der Waals surface area contributed by atoms with E-state index >= 15 is 0 Å². The molecule has 2 saturated heterocycles. The number of nitrogens with zero attached hydrogens (tertiary/aromatic N) is 16. The molecule has 2 fully saturated rings. The summed E-state index contributed by atoms with van der Waals surface area (Å²) in [5.41, 5.74) is 15.6. The number of rotatable bonds is 18. The maximum absolute atomic E-state index is 14.6. The van der Waals surface area contributed by atoms with E-state index in [2.05, 4.69) is 61.9 Å². The van der Waals surface area contributed by atoms with Gasteiger partial charge in [0.05, 0.1) is 73.6 Å². The molecule has 17 rings (SSSR count). The Kier molecular flexibility index (Phi) is 18.3. The van der Waals surface area contributed by atoms with Gasteiger partial charge in [-0.2, -0.15) is 10.2 Å². The van der Waals surface area contributed by atoms with Crippen molar-refractivity contribution in [3.8, 4) is 50.8 Å². The lowest BCUT2D eigenvalue weighted by molar-refractivity contribution is 0.0940. The van der Waals surface area contributed by atoms with Crippen LogP contribution in [0.5, 0.6) is 17.2 Å². The van der Waals surface area contributed by atoms with Crippen LogP contribution in [-0.4, -0.2) is 132 Å². The van der Waals surface area contributed by atoms with Gasteiger partial charge in [0.2, 0.25) is 23.5 Å². The fourth-order valence-corrected chi connectivity index (χ4v) is 13.7. The standard InChI is InChI=1S/C25H27FN6O.C24H22FN7O2.C24H25FN6O2/c1-15-13-32-24(29-15)21(18-6-5-17(14-31(3)4)30-16(18)2)12-28-25(32)27-11-20-19-9-10-33-23(19)8-7-22(20)26;1-26-22-14-32-23(29-22)18(20-6-8-31(30-20)13-15-3-2-9-33-15)12-28-24(32)27-11-17-16-7-10-34-21(16)5-4-19(17)25;1-15-11-31-23(29-15)19(17-8-28-30(13-17)12-16-4-6-32-14-16)9-26-24(31)27-10-20-18-5-7-33-22(18)3-2-21(20)25/h5-8,12-13H,9-11,14H2,1-4H3,(H,27,28);4-6,8,12,14-15H,2-3,7,9-11,13H2,(H,27,28);2-3,8-9,11,13,16H,4-7,10,12,14H2,1H3,(H,26,27). The van der Waals surface area contributed by atoms with Crippen LogP contribution in [0, 0.1) is 50.7 Å². The van der Waals surface area contributed by atoms with E-state index in [0.29, 0.717) is 116 Å². The first-order valence-corrected chi connectivity index (χ1v) is 33.6. The molecule has 0 amide bonds. The zero-order valence-corrected chi connectivity index (χ0v) is 56.1. The number of aryl methyl sites for hydroxylation is 3. The van der Waals surface area contributed by atoms with E-state index in [1.165, 1.54) is 18.2 Å². The van der Waals surface area contributed by atoms with E-state index in [4.69, 9.17) is 45.2 Å². The van der Waals surface area contributed by atoms with Gasteiger partial charge >= 0.3 is 0 Å². The lowest BCUT2D eigenvalue weighted by atomic mass is 10.0. The predicted molar refractivity (Wildman–Crippen MR) is 369 cm³/mol. The molecule has 0 saturated carbocycles. The van der Waals surface area contributed by atoms with E-state index in [0.717, 1.165) is 142 Å². The van der Waals surface area contributed by atoms with Gasteiger partial charge in [-0.25, -0.2) is 38.1 Å². The maximum Gasteiger partial charge on any atom is 0.288 e. The minimum absolute atomic E-state index is 0.183. The second kappa shape index (κ2) is 28.1. The van der Waals surface area contributed by atoms with E-state index in [9.17, 15) is 13.2 Å². The molecule has 5 aliphatic rings. The molecule has 12 aromatic rings. The highest BCUT2D eigenvalue weighted by Crippen LogP contribution is 2.36. The molecular formula is C73H74F3N19O5. The van der Waals surface area contributed by atoms with Gasteiger partial charge in [0.25, 0.3) is 5.82 Å². The van der Waals surface area contributed by atoms with Crippen LogP contribution in [0.1, 0.15) is 75.4 Å². The van der Waals surface area contributed by atoms with Crippen molar-refractivity contribution in [1.82, 2.24) is 72.6 Å². The molecule has 100 heavy (non-hydrogen) atoms. The molecule has 0 aliphatic carbocycles. The number of ether oxygens (including phenoxy) is 5. The molecule has 0 radical (unpaired) electrons. The molecule has 5 aliphatic heterocycles. The van der Waals surface area contributed by atoms with Crippen molar-refractivity contribution in [3.63, 3.8) is 0 Å². The number of pyridine rings is 1. The molecule has 27 heteroatoms. The zero-order valence-electron chi connectivity index (χ0n) is 56.1. The summed E-state index contributed by atoms with van der Waals surface area (Å²) < 4.78 is 81.0. The first-order valence-electron chi connectivity index (χ1n) is 33.6. The van der Waals surface area contributed by atoms with Crippen LogP contribution < -0.4 is 30.2 Å². The van der Waals surface area contributed by atoms with Crippen LogP contribution >= 0.6 is 0 Å². The summed E-state index contributed by atoms with van der Waals surface area (Å²) in [4.78, 5) is 38.2. The summed E-state index contributed by atoms with van der Waals surface area (Å²) in [6, 6.07) is 15.5. The summed E-state index contributed by atoms with van der Waals surface area (Å²) in [6.45, 7) is 20.7. The van der Waals surface area contributed by atoms with Crippen molar-refractivity contribution in [2.75, 3.05) is 69.7 Å². The smallest absolute Gasteiger partial charge is 0.288 e. The van der Waals surface area contributed by atoms with Crippen molar-refractivity contribution in [3.05, 3.63) is 195 Å². The van der Waals surface area contributed by atoms with Gasteiger partial charge in [0, 0.05) is 182 Å². The van der Waals surface area contributed by atoms with Crippen molar-refractivity contribution < 1.29 is 36.9 Å². The fraction of sp³-hybridized carbons (Fsp3) is 0.342. The molecule has 2 unspecified atom stereocenters. The average Bonchev–Trinajstić information content (AvgIpc) is 1.63. The molecule has 0 spiro atoms. The van der Waals surface area contributed by atoms with Crippen molar-refractivity contribution in [1.29, 1.82) is 0 Å². The molecule has 9 aromatic heterocycles. The van der Waals surface area contributed by atoms with Gasteiger partial charge in [-0.1, -0.05) is 17.6 Å². The van der Waals surface area contributed by atoms with Crippen LogP contribution in [0.3, 0.4) is 0 Å². The van der Waals surface area contributed by atoms with Gasteiger partial charge in [0.15, 0.2) is 0 Å².